The molecule has 2 rings (SSSR count). The van der Waals surface area contributed by atoms with Crippen molar-refractivity contribution in [1.82, 2.24) is 0 Å². The normalized spacial score (nSPS) is 11.0. The Morgan fingerprint density at radius 1 is 1.13 bits per heavy atom. The number of rotatable bonds is 6. The van der Waals surface area contributed by atoms with Gasteiger partial charge in [0.2, 0.25) is 0 Å². The maximum Gasteiger partial charge on any atom is 0.387 e. The van der Waals surface area contributed by atoms with Gasteiger partial charge in [0, 0.05) is 5.56 Å². The molecule has 0 fully saturated rings. The average Bonchev–Trinajstić information content (AvgIpc) is 2.53. The Bertz CT molecular complexity index is 724. The van der Waals surface area contributed by atoms with Crippen LogP contribution in [0.15, 0.2) is 48.5 Å². The quantitative estimate of drug-likeness (QED) is 0.581. The minimum Gasteiger partial charge on any atom is -0.493 e. The molecule has 0 bridgehead atoms. The summed E-state index contributed by atoms with van der Waals surface area (Å²) in [6.45, 7) is -1.01. The van der Waals surface area contributed by atoms with Crippen molar-refractivity contribution in [3.8, 4) is 11.5 Å². The summed E-state index contributed by atoms with van der Waals surface area (Å²) >= 11 is 0. The van der Waals surface area contributed by atoms with Crippen LogP contribution in [0.4, 0.5) is 8.78 Å². The molecule has 0 saturated heterocycles. The number of methoxy groups -OCH3 is 1. The molecular formula is C18H16F2O3. The van der Waals surface area contributed by atoms with Crippen LogP contribution in [0.2, 0.25) is 0 Å². The molecule has 0 atom stereocenters. The van der Waals surface area contributed by atoms with Crippen LogP contribution in [-0.2, 0) is 0 Å². The second-order valence-electron chi connectivity index (χ2n) is 4.86. The van der Waals surface area contributed by atoms with Gasteiger partial charge >= 0.3 is 6.61 Å². The molecule has 0 spiro atoms. The van der Waals surface area contributed by atoms with Crippen molar-refractivity contribution in [3.63, 3.8) is 0 Å². The van der Waals surface area contributed by atoms with E-state index < -0.39 is 6.61 Å². The van der Waals surface area contributed by atoms with Gasteiger partial charge in [-0.15, -0.1) is 0 Å². The highest BCUT2D eigenvalue weighted by Crippen LogP contribution is 2.29. The standard InChI is InChI=1S/C18H16F2O3/c1-12-4-3-5-14(10-12)15(21)8-6-13-7-9-16(23-18(19)20)17(11-13)22-2/h3-11,18H,1-2H3. The number of aryl methyl sites for hydroxylation is 1. The van der Waals surface area contributed by atoms with Crippen LogP contribution in [0.25, 0.3) is 6.08 Å². The zero-order chi connectivity index (χ0) is 16.8. The fourth-order valence-electron chi connectivity index (χ4n) is 2.05. The lowest BCUT2D eigenvalue weighted by Crippen LogP contribution is -2.03. The molecule has 0 aliphatic rings. The maximum absolute atomic E-state index is 12.3. The molecule has 0 amide bonds. The Balaban J connectivity index is 2.17. The second kappa shape index (κ2) is 7.54. The summed E-state index contributed by atoms with van der Waals surface area (Å²) in [7, 11) is 1.36. The zero-order valence-electron chi connectivity index (χ0n) is 12.8. The Morgan fingerprint density at radius 3 is 2.57 bits per heavy atom. The van der Waals surface area contributed by atoms with Gasteiger partial charge in [-0.1, -0.05) is 35.9 Å². The predicted octanol–water partition coefficient (Wildman–Crippen LogP) is 4.50. The molecule has 120 valence electrons. The summed E-state index contributed by atoms with van der Waals surface area (Å²) in [5.41, 5.74) is 2.23. The predicted molar refractivity (Wildman–Crippen MR) is 84.2 cm³/mol. The SMILES string of the molecule is COc1cc(C=CC(=O)c2cccc(C)c2)ccc1OC(F)F. The monoisotopic (exact) mass is 318 g/mol. The summed E-state index contributed by atoms with van der Waals surface area (Å²) < 4.78 is 33.9. The van der Waals surface area contributed by atoms with Crippen molar-refractivity contribution in [2.24, 2.45) is 0 Å². The van der Waals surface area contributed by atoms with Crippen LogP contribution in [0.3, 0.4) is 0 Å². The summed E-state index contributed by atoms with van der Waals surface area (Å²) in [5, 5.41) is 0. The van der Waals surface area contributed by atoms with Crippen LogP contribution in [0.1, 0.15) is 21.5 Å². The third-order valence-corrected chi connectivity index (χ3v) is 3.13. The highest BCUT2D eigenvalue weighted by atomic mass is 19.3. The van der Waals surface area contributed by atoms with Gasteiger partial charge in [0.25, 0.3) is 0 Å². The van der Waals surface area contributed by atoms with E-state index in [0.29, 0.717) is 11.1 Å². The number of carbonyl (C=O) groups excluding carboxylic acids is 1. The van der Waals surface area contributed by atoms with E-state index in [1.807, 2.05) is 19.1 Å². The largest absolute Gasteiger partial charge is 0.493 e. The molecule has 0 saturated carbocycles. The van der Waals surface area contributed by atoms with Crippen LogP contribution in [0, 0.1) is 6.92 Å². The van der Waals surface area contributed by atoms with Gasteiger partial charge in [0.05, 0.1) is 7.11 Å². The van der Waals surface area contributed by atoms with Gasteiger partial charge in [0.1, 0.15) is 0 Å². The first-order valence-electron chi connectivity index (χ1n) is 6.91. The Labute approximate surface area is 133 Å². The molecular weight excluding hydrogens is 302 g/mol. The number of allylic oxidation sites excluding steroid dienone is 1. The molecule has 0 radical (unpaired) electrons. The van der Waals surface area contributed by atoms with Crippen molar-refractivity contribution in [2.75, 3.05) is 7.11 Å². The molecule has 0 unspecified atom stereocenters. The van der Waals surface area contributed by atoms with E-state index >= 15 is 0 Å². The van der Waals surface area contributed by atoms with Crippen LogP contribution in [-0.4, -0.2) is 19.5 Å². The van der Waals surface area contributed by atoms with Crippen LogP contribution >= 0.6 is 0 Å². The number of carbonyl (C=O) groups is 1. The van der Waals surface area contributed by atoms with E-state index in [1.165, 1.54) is 25.3 Å². The average molecular weight is 318 g/mol. The molecule has 5 heteroatoms. The van der Waals surface area contributed by atoms with Crippen molar-refractivity contribution in [3.05, 3.63) is 65.2 Å². The number of alkyl halides is 2. The van der Waals surface area contributed by atoms with Crippen molar-refractivity contribution < 1.29 is 23.0 Å². The molecule has 2 aromatic carbocycles. The fraction of sp³-hybridized carbons (Fsp3) is 0.167. The lowest BCUT2D eigenvalue weighted by Gasteiger charge is -2.10. The van der Waals surface area contributed by atoms with Gasteiger partial charge in [-0.3, -0.25) is 4.79 Å². The van der Waals surface area contributed by atoms with Gasteiger partial charge in [-0.2, -0.15) is 8.78 Å². The summed E-state index contributed by atoms with van der Waals surface area (Å²) in [6, 6.07) is 11.7. The molecule has 0 aliphatic heterocycles. The molecule has 0 aliphatic carbocycles. The summed E-state index contributed by atoms with van der Waals surface area (Å²) in [6.07, 6.45) is 3.02. The molecule has 2 aromatic rings. The first-order chi connectivity index (χ1) is 11.0. The fourth-order valence-corrected chi connectivity index (χ4v) is 2.05. The van der Waals surface area contributed by atoms with E-state index in [1.54, 1.807) is 24.3 Å². The second-order valence-corrected chi connectivity index (χ2v) is 4.86. The Kier molecular flexibility index (Phi) is 5.46. The first kappa shape index (κ1) is 16.7. The minimum atomic E-state index is -2.92. The van der Waals surface area contributed by atoms with E-state index in [-0.39, 0.29) is 17.3 Å². The van der Waals surface area contributed by atoms with Crippen LogP contribution < -0.4 is 9.47 Å². The number of hydrogen-bond acceptors (Lipinski definition) is 3. The highest BCUT2D eigenvalue weighted by Gasteiger charge is 2.10. The molecule has 0 heterocycles. The van der Waals surface area contributed by atoms with Gasteiger partial charge in [-0.05, 0) is 36.8 Å². The number of halogens is 2. The zero-order valence-corrected chi connectivity index (χ0v) is 12.8. The molecule has 23 heavy (non-hydrogen) atoms. The van der Waals surface area contributed by atoms with Crippen molar-refractivity contribution in [1.29, 1.82) is 0 Å². The van der Waals surface area contributed by atoms with Crippen molar-refractivity contribution >= 4 is 11.9 Å². The van der Waals surface area contributed by atoms with Crippen molar-refractivity contribution in [2.45, 2.75) is 13.5 Å². The number of hydrogen-bond donors (Lipinski definition) is 0. The lowest BCUT2D eigenvalue weighted by molar-refractivity contribution is -0.0512. The van der Waals surface area contributed by atoms with Gasteiger partial charge in [-0.25, -0.2) is 0 Å². The van der Waals surface area contributed by atoms with Gasteiger partial charge in [0.15, 0.2) is 17.3 Å². The maximum atomic E-state index is 12.3. The number of ketones is 1. The third-order valence-electron chi connectivity index (χ3n) is 3.13. The summed E-state index contributed by atoms with van der Waals surface area (Å²) in [4.78, 5) is 12.1. The topological polar surface area (TPSA) is 35.5 Å². The summed E-state index contributed by atoms with van der Waals surface area (Å²) in [5.74, 6) is -0.0133. The van der Waals surface area contributed by atoms with Crippen LogP contribution in [0.5, 0.6) is 11.5 Å². The minimum absolute atomic E-state index is 0.0512. The molecule has 0 aromatic heterocycles. The first-order valence-corrected chi connectivity index (χ1v) is 6.91. The Morgan fingerprint density at radius 2 is 1.91 bits per heavy atom. The molecule has 3 nitrogen and oxygen atoms in total. The Hall–Kier alpha value is -2.69. The number of ether oxygens (including phenoxy) is 2. The van der Waals surface area contributed by atoms with E-state index in [0.717, 1.165) is 5.56 Å². The third kappa shape index (κ3) is 4.64. The number of benzene rings is 2. The smallest absolute Gasteiger partial charge is 0.387 e. The molecule has 0 N–H and O–H groups in total. The van der Waals surface area contributed by atoms with E-state index in [2.05, 4.69) is 4.74 Å². The van der Waals surface area contributed by atoms with Gasteiger partial charge < -0.3 is 9.47 Å². The van der Waals surface area contributed by atoms with E-state index in [9.17, 15) is 13.6 Å². The highest BCUT2D eigenvalue weighted by molar-refractivity contribution is 6.06. The lowest BCUT2D eigenvalue weighted by atomic mass is 10.1. The van der Waals surface area contributed by atoms with E-state index in [4.69, 9.17) is 4.74 Å².